The van der Waals surface area contributed by atoms with Crippen molar-refractivity contribution in [1.82, 2.24) is 25.4 Å². The number of anilines is 1. The molecule has 9 nitrogen and oxygen atoms in total. The number of carbonyl (C=O) groups excluding carboxylic acids is 1. The molecule has 0 aliphatic heterocycles. The first-order valence-corrected chi connectivity index (χ1v) is 8.70. The summed E-state index contributed by atoms with van der Waals surface area (Å²) in [6, 6.07) is 7.03. The molecule has 27 heavy (non-hydrogen) atoms. The average Bonchev–Trinajstić information content (AvgIpc) is 3.17. The van der Waals surface area contributed by atoms with Gasteiger partial charge in [0.25, 0.3) is 11.5 Å². The maximum Gasteiger partial charge on any atom is 0.277 e. The van der Waals surface area contributed by atoms with Gasteiger partial charge in [0.2, 0.25) is 0 Å². The fourth-order valence-electron chi connectivity index (χ4n) is 2.85. The normalized spacial score (nSPS) is 10.8. The number of rotatable bonds is 6. The van der Waals surface area contributed by atoms with E-state index in [0.29, 0.717) is 35.7 Å². The molecular weight excluding hydrogens is 346 g/mol. The van der Waals surface area contributed by atoms with Crippen LogP contribution < -0.4 is 16.6 Å². The molecule has 0 spiro atoms. The van der Waals surface area contributed by atoms with Crippen molar-refractivity contribution in [2.75, 3.05) is 5.32 Å². The van der Waals surface area contributed by atoms with Gasteiger partial charge in [-0.1, -0.05) is 13.8 Å². The van der Waals surface area contributed by atoms with Crippen LogP contribution in [0.3, 0.4) is 0 Å². The molecule has 9 heteroatoms. The zero-order valence-electron chi connectivity index (χ0n) is 15.2. The summed E-state index contributed by atoms with van der Waals surface area (Å²) in [4.78, 5) is 29.1. The Morgan fingerprint density at radius 1 is 1.11 bits per heavy atom. The van der Waals surface area contributed by atoms with Crippen molar-refractivity contribution in [3.8, 4) is 11.4 Å². The third kappa shape index (κ3) is 3.77. The molecule has 0 aliphatic rings. The maximum absolute atomic E-state index is 12.7. The van der Waals surface area contributed by atoms with Crippen LogP contribution in [-0.4, -0.2) is 31.3 Å². The van der Waals surface area contributed by atoms with Gasteiger partial charge in [0.05, 0.1) is 12.2 Å². The number of aromatic amines is 2. The predicted molar refractivity (Wildman–Crippen MR) is 101 cm³/mol. The number of nitrogens with two attached hydrogens (primary N) is 1. The molecule has 3 rings (SSSR count). The van der Waals surface area contributed by atoms with Crippen LogP contribution in [0.1, 0.15) is 41.3 Å². The summed E-state index contributed by atoms with van der Waals surface area (Å²) in [5, 5.41) is 16.0. The molecule has 3 aromatic rings. The van der Waals surface area contributed by atoms with Crippen molar-refractivity contribution >= 4 is 11.6 Å². The van der Waals surface area contributed by atoms with Gasteiger partial charge in [-0.15, -0.1) is 0 Å². The molecule has 2 heterocycles. The molecule has 140 valence electrons. The van der Waals surface area contributed by atoms with Crippen LogP contribution in [-0.2, 0) is 19.4 Å². The number of hydrogen-bond acceptors (Lipinski definition) is 6. The lowest BCUT2D eigenvalue weighted by molar-refractivity contribution is 0.102. The number of H-pyrrole nitrogens is 2. The van der Waals surface area contributed by atoms with E-state index in [1.807, 2.05) is 13.8 Å². The lowest BCUT2D eigenvalue weighted by Crippen LogP contribution is -2.27. The highest BCUT2D eigenvalue weighted by Crippen LogP contribution is 2.19. The van der Waals surface area contributed by atoms with Gasteiger partial charge in [-0.25, -0.2) is 10.1 Å². The van der Waals surface area contributed by atoms with Gasteiger partial charge in [-0.2, -0.15) is 10.2 Å². The molecule has 5 N–H and O–H groups in total. The molecule has 0 saturated heterocycles. The lowest BCUT2D eigenvalue weighted by atomic mass is 10.0. The van der Waals surface area contributed by atoms with Crippen LogP contribution in [0.5, 0.6) is 0 Å². The molecule has 0 bridgehead atoms. The van der Waals surface area contributed by atoms with Gasteiger partial charge >= 0.3 is 0 Å². The summed E-state index contributed by atoms with van der Waals surface area (Å²) in [5.41, 5.74) is 7.87. The number of benzene rings is 1. The van der Waals surface area contributed by atoms with E-state index in [9.17, 15) is 9.59 Å². The highest BCUT2D eigenvalue weighted by Gasteiger charge is 2.19. The molecule has 0 unspecified atom stereocenters. The van der Waals surface area contributed by atoms with E-state index in [-0.39, 0.29) is 12.1 Å². The average molecular weight is 367 g/mol. The van der Waals surface area contributed by atoms with Gasteiger partial charge in [-0.05, 0) is 42.7 Å². The second kappa shape index (κ2) is 7.92. The summed E-state index contributed by atoms with van der Waals surface area (Å²) >= 11 is 0. The Hall–Kier alpha value is -3.33. The maximum atomic E-state index is 12.7. The summed E-state index contributed by atoms with van der Waals surface area (Å²) in [5.74, 6) is 0.666. The van der Waals surface area contributed by atoms with Crippen LogP contribution >= 0.6 is 0 Å². The SMILES string of the molecule is CCc1n[nH]c(=O)c(C(=O)Nc2ccc(-c3n[nH]c(CN)n3)cc2)c1CC. The van der Waals surface area contributed by atoms with Crippen LogP contribution in [0.2, 0.25) is 0 Å². The number of nitrogens with zero attached hydrogens (tertiary/aromatic N) is 3. The number of hydrogen-bond donors (Lipinski definition) is 4. The molecular formula is C18H21N7O2. The Morgan fingerprint density at radius 3 is 2.44 bits per heavy atom. The molecule has 1 aromatic carbocycles. The highest BCUT2D eigenvalue weighted by molar-refractivity contribution is 6.05. The third-order valence-electron chi connectivity index (χ3n) is 4.21. The highest BCUT2D eigenvalue weighted by atomic mass is 16.2. The molecule has 0 saturated carbocycles. The zero-order valence-corrected chi connectivity index (χ0v) is 15.2. The Kier molecular flexibility index (Phi) is 5.41. The first-order chi connectivity index (χ1) is 13.1. The second-order valence-corrected chi connectivity index (χ2v) is 5.90. The Labute approximate surface area is 155 Å². The van der Waals surface area contributed by atoms with Gasteiger partial charge in [-0.3, -0.25) is 14.7 Å². The molecule has 1 amide bonds. The quantitative estimate of drug-likeness (QED) is 0.518. The van der Waals surface area contributed by atoms with E-state index < -0.39 is 11.5 Å². The minimum absolute atomic E-state index is 0.106. The first-order valence-electron chi connectivity index (χ1n) is 8.70. The number of amides is 1. The molecule has 0 atom stereocenters. The minimum Gasteiger partial charge on any atom is -0.324 e. The predicted octanol–water partition coefficient (Wildman–Crippen LogP) is 1.39. The largest absolute Gasteiger partial charge is 0.324 e. The van der Waals surface area contributed by atoms with E-state index in [4.69, 9.17) is 5.73 Å². The second-order valence-electron chi connectivity index (χ2n) is 5.90. The van der Waals surface area contributed by atoms with Gasteiger partial charge in [0, 0.05) is 11.3 Å². The van der Waals surface area contributed by atoms with Crippen molar-refractivity contribution < 1.29 is 4.79 Å². The van der Waals surface area contributed by atoms with Crippen LogP contribution in [0.25, 0.3) is 11.4 Å². The summed E-state index contributed by atoms with van der Waals surface area (Å²) in [6.45, 7) is 4.11. The molecule has 0 radical (unpaired) electrons. The number of aromatic nitrogens is 5. The summed E-state index contributed by atoms with van der Waals surface area (Å²) in [7, 11) is 0. The van der Waals surface area contributed by atoms with Crippen LogP contribution in [0.15, 0.2) is 29.1 Å². The molecule has 2 aromatic heterocycles. The van der Waals surface area contributed by atoms with E-state index in [0.717, 1.165) is 11.3 Å². The fraction of sp³-hybridized carbons (Fsp3) is 0.278. The standard InChI is InChI=1S/C18H21N7O2/c1-3-12-13(4-2)22-25-18(27)15(12)17(26)20-11-7-5-10(6-8-11)16-21-14(9-19)23-24-16/h5-8H,3-4,9,19H2,1-2H3,(H,20,26)(H,25,27)(H,21,23,24). The minimum atomic E-state index is -0.492. The van der Waals surface area contributed by atoms with Crippen molar-refractivity contribution in [2.45, 2.75) is 33.2 Å². The third-order valence-corrected chi connectivity index (χ3v) is 4.21. The van der Waals surface area contributed by atoms with Crippen LogP contribution in [0.4, 0.5) is 5.69 Å². The molecule has 0 fully saturated rings. The van der Waals surface area contributed by atoms with Crippen molar-refractivity contribution in [3.63, 3.8) is 0 Å². The number of aryl methyl sites for hydroxylation is 1. The monoisotopic (exact) mass is 367 g/mol. The zero-order chi connectivity index (χ0) is 19.4. The van der Waals surface area contributed by atoms with E-state index >= 15 is 0 Å². The van der Waals surface area contributed by atoms with E-state index in [1.54, 1.807) is 24.3 Å². The smallest absolute Gasteiger partial charge is 0.277 e. The van der Waals surface area contributed by atoms with E-state index in [1.165, 1.54) is 0 Å². The number of carbonyl (C=O) groups is 1. The van der Waals surface area contributed by atoms with Crippen LogP contribution in [0, 0.1) is 0 Å². The van der Waals surface area contributed by atoms with Crippen molar-refractivity contribution in [2.24, 2.45) is 5.73 Å². The van der Waals surface area contributed by atoms with Gasteiger partial charge in [0.1, 0.15) is 11.4 Å². The van der Waals surface area contributed by atoms with Crippen molar-refractivity contribution in [1.29, 1.82) is 0 Å². The van der Waals surface area contributed by atoms with Gasteiger partial charge < -0.3 is 11.1 Å². The lowest BCUT2D eigenvalue weighted by Gasteiger charge is -2.11. The summed E-state index contributed by atoms with van der Waals surface area (Å²) in [6.07, 6.45) is 1.19. The topological polar surface area (TPSA) is 142 Å². The Bertz CT molecular complexity index is 1010. The Balaban J connectivity index is 1.84. The van der Waals surface area contributed by atoms with Gasteiger partial charge in [0.15, 0.2) is 5.82 Å². The molecule has 0 aliphatic carbocycles. The summed E-state index contributed by atoms with van der Waals surface area (Å²) < 4.78 is 0. The Morgan fingerprint density at radius 2 is 1.85 bits per heavy atom. The fourth-order valence-corrected chi connectivity index (χ4v) is 2.85. The first kappa shape index (κ1) is 18.5. The van der Waals surface area contributed by atoms with E-state index in [2.05, 4.69) is 30.7 Å². The number of nitrogens with one attached hydrogen (secondary N) is 3. The van der Waals surface area contributed by atoms with Crippen molar-refractivity contribution in [3.05, 3.63) is 57.3 Å².